The number of carbonyl (C=O) groups excluding carboxylic acids is 1. The zero-order chi connectivity index (χ0) is 8.27. The molecule has 1 aliphatic rings. The molecule has 1 amide bonds. The fraction of sp³-hybridized carbons (Fsp3) is 0.875. The summed E-state index contributed by atoms with van der Waals surface area (Å²) in [6.45, 7) is 0. The molecule has 1 atom stereocenters. The number of nitrogens with two attached hydrogens (primary N) is 1. The number of nitrogens with one attached hydrogen (secondary N) is 1. The maximum absolute atomic E-state index is 11.0. The highest BCUT2D eigenvalue weighted by Gasteiger charge is 2.22. The summed E-state index contributed by atoms with van der Waals surface area (Å²) in [5.41, 5.74) is 5.63. The van der Waals surface area contributed by atoms with E-state index in [0.717, 1.165) is 6.42 Å². The molecule has 3 N–H and O–H groups in total. The van der Waals surface area contributed by atoms with Gasteiger partial charge in [-0.15, -0.1) is 12.4 Å². The molecule has 72 valence electrons. The Morgan fingerprint density at radius 1 is 1.67 bits per heavy atom. The number of likely N-dealkylation sites (N-methyl/N-ethyl adjacent to an activating group) is 1. The van der Waals surface area contributed by atoms with Crippen molar-refractivity contribution >= 4 is 18.3 Å². The lowest BCUT2D eigenvalue weighted by Gasteiger charge is -2.27. The molecule has 3 nitrogen and oxygen atoms in total. The van der Waals surface area contributed by atoms with Crippen LogP contribution < -0.4 is 11.1 Å². The Labute approximate surface area is 79.5 Å². The van der Waals surface area contributed by atoms with E-state index in [2.05, 4.69) is 5.32 Å². The monoisotopic (exact) mass is 192 g/mol. The van der Waals surface area contributed by atoms with Crippen molar-refractivity contribution in [3.63, 3.8) is 0 Å². The van der Waals surface area contributed by atoms with E-state index < -0.39 is 0 Å². The van der Waals surface area contributed by atoms with Gasteiger partial charge >= 0.3 is 0 Å². The third kappa shape index (κ3) is 2.99. The molecule has 0 aromatic carbocycles. The second kappa shape index (κ2) is 5.38. The van der Waals surface area contributed by atoms with Crippen LogP contribution in [0.2, 0.25) is 0 Å². The Morgan fingerprint density at radius 2 is 2.25 bits per heavy atom. The molecule has 12 heavy (non-hydrogen) atoms. The molecule has 4 heteroatoms. The summed E-state index contributed by atoms with van der Waals surface area (Å²) in [6.07, 6.45) is 4.68. The molecule has 1 fully saturated rings. The molecule has 0 heterocycles. The van der Waals surface area contributed by atoms with Crippen LogP contribution >= 0.6 is 12.4 Å². The Morgan fingerprint density at radius 3 is 2.58 bits per heavy atom. The van der Waals surface area contributed by atoms with Crippen molar-refractivity contribution in [3.05, 3.63) is 0 Å². The minimum Gasteiger partial charge on any atom is -0.358 e. The van der Waals surface area contributed by atoms with Crippen molar-refractivity contribution in [2.24, 2.45) is 11.7 Å². The van der Waals surface area contributed by atoms with Gasteiger partial charge in [0, 0.05) is 7.05 Å². The van der Waals surface area contributed by atoms with Crippen molar-refractivity contribution in [3.8, 4) is 0 Å². The van der Waals surface area contributed by atoms with Crippen LogP contribution in [0.4, 0.5) is 0 Å². The molecule has 1 saturated carbocycles. The predicted molar refractivity (Wildman–Crippen MR) is 51.2 cm³/mol. The lowest BCUT2D eigenvalue weighted by atomic mass is 9.81. The maximum atomic E-state index is 11.0. The predicted octanol–water partition coefficient (Wildman–Crippen LogP) is 0.672. The fourth-order valence-electron chi connectivity index (χ4n) is 1.38. The van der Waals surface area contributed by atoms with E-state index in [1.165, 1.54) is 19.3 Å². The molecule has 0 aromatic heterocycles. The first-order chi connectivity index (χ1) is 5.24. The van der Waals surface area contributed by atoms with E-state index in [9.17, 15) is 4.79 Å². The molecule has 0 aliphatic heterocycles. The molecule has 0 aromatic rings. The number of amides is 1. The molecule has 1 rings (SSSR count). The molecular weight excluding hydrogens is 176 g/mol. The van der Waals surface area contributed by atoms with E-state index in [0.29, 0.717) is 5.92 Å². The molecule has 1 unspecified atom stereocenters. The van der Waals surface area contributed by atoms with E-state index in [1.54, 1.807) is 7.05 Å². The van der Waals surface area contributed by atoms with Crippen molar-refractivity contribution in [1.29, 1.82) is 0 Å². The lowest BCUT2D eigenvalue weighted by Crippen LogP contribution is -2.40. The molecule has 1 aliphatic carbocycles. The molecule has 0 spiro atoms. The maximum Gasteiger partial charge on any atom is 0.236 e. The van der Waals surface area contributed by atoms with Gasteiger partial charge in [0.15, 0.2) is 0 Å². The third-order valence-electron chi connectivity index (χ3n) is 2.40. The Balaban J connectivity index is 0.00000121. The largest absolute Gasteiger partial charge is 0.358 e. The Hall–Kier alpha value is -0.280. The van der Waals surface area contributed by atoms with Gasteiger partial charge < -0.3 is 11.1 Å². The summed E-state index contributed by atoms with van der Waals surface area (Å²) < 4.78 is 0. The van der Waals surface area contributed by atoms with Crippen LogP contribution in [0, 0.1) is 5.92 Å². The molecule has 0 radical (unpaired) electrons. The molecule has 0 saturated heterocycles. The fourth-order valence-corrected chi connectivity index (χ4v) is 1.38. The zero-order valence-electron chi connectivity index (χ0n) is 7.38. The molecular formula is C8H17ClN2O. The van der Waals surface area contributed by atoms with Crippen LogP contribution in [-0.2, 0) is 4.79 Å². The van der Waals surface area contributed by atoms with Crippen molar-refractivity contribution in [2.75, 3.05) is 7.05 Å². The summed E-state index contributed by atoms with van der Waals surface area (Å²) in [5, 5.41) is 2.55. The number of hydrogen-bond acceptors (Lipinski definition) is 2. The SMILES string of the molecule is CNC(=O)C(N)CC1CCC1.Cl. The summed E-state index contributed by atoms with van der Waals surface area (Å²) in [6, 6.07) is -0.287. The van der Waals surface area contributed by atoms with Crippen LogP contribution in [0.5, 0.6) is 0 Å². The van der Waals surface area contributed by atoms with Gasteiger partial charge in [-0.2, -0.15) is 0 Å². The van der Waals surface area contributed by atoms with Gasteiger partial charge in [-0.05, 0) is 12.3 Å². The highest BCUT2D eigenvalue weighted by Crippen LogP contribution is 2.29. The van der Waals surface area contributed by atoms with Gasteiger partial charge in [0.1, 0.15) is 0 Å². The Kier molecular flexibility index (Phi) is 5.25. The zero-order valence-corrected chi connectivity index (χ0v) is 8.19. The van der Waals surface area contributed by atoms with Crippen molar-refractivity contribution < 1.29 is 4.79 Å². The van der Waals surface area contributed by atoms with Gasteiger partial charge in [0.25, 0.3) is 0 Å². The van der Waals surface area contributed by atoms with Crippen LogP contribution in [0.1, 0.15) is 25.7 Å². The van der Waals surface area contributed by atoms with Crippen LogP contribution in [0.25, 0.3) is 0 Å². The second-order valence-corrected chi connectivity index (χ2v) is 3.25. The first-order valence-corrected chi connectivity index (χ1v) is 4.21. The Bertz CT molecular complexity index is 148. The number of rotatable bonds is 3. The summed E-state index contributed by atoms with van der Waals surface area (Å²) >= 11 is 0. The van der Waals surface area contributed by atoms with Crippen LogP contribution in [0.3, 0.4) is 0 Å². The van der Waals surface area contributed by atoms with Crippen molar-refractivity contribution in [2.45, 2.75) is 31.7 Å². The van der Waals surface area contributed by atoms with Crippen LogP contribution in [0.15, 0.2) is 0 Å². The first-order valence-electron chi connectivity index (χ1n) is 4.21. The van der Waals surface area contributed by atoms with E-state index >= 15 is 0 Å². The van der Waals surface area contributed by atoms with E-state index in [4.69, 9.17) is 5.73 Å². The van der Waals surface area contributed by atoms with Gasteiger partial charge in [-0.1, -0.05) is 19.3 Å². The number of carbonyl (C=O) groups is 1. The van der Waals surface area contributed by atoms with Gasteiger partial charge in [0.05, 0.1) is 6.04 Å². The third-order valence-corrected chi connectivity index (χ3v) is 2.40. The lowest BCUT2D eigenvalue weighted by molar-refractivity contribution is -0.122. The van der Waals surface area contributed by atoms with Gasteiger partial charge in [-0.3, -0.25) is 4.79 Å². The summed E-state index contributed by atoms with van der Waals surface area (Å²) in [5.74, 6) is 0.680. The first kappa shape index (κ1) is 11.7. The highest BCUT2D eigenvalue weighted by molar-refractivity contribution is 5.85. The topological polar surface area (TPSA) is 55.1 Å². The summed E-state index contributed by atoms with van der Waals surface area (Å²) in [7, 11) is 1.63. The minimum absolute atomic E-state index is 0. The average Bonchev–Trinajstić information content (AvgIpc) is 1.94. The van der Waals surface area contributed by atoms with Gasteiger partial charge in [0.2, 0.25) is 5.91 Å². The molecule has 0 bridgehead atoms. The van der Waals surface area contributed by atoms with Gasteiger partial charge in [-0.25, -0.2) is 0 Å². The minimum atomic E-state index is -0.287. The normalized spacial score (nSPS) is 18.8. The van der Waals surface area contributed by atoms with E-state index in [-0.39, 0.29) is 24.4 Å². The quantitative estimate of drug-likeness (QED) is 0.691. The number of halogens is 1. The summed E-state index contributed by atoms with van der Waals surface area (Å²) in [4.78, 5) is 11.0. The van der Waals surface area contributed by atoms with E-state index in [1.807, 2.05) is 0 Å². The highest BCUT2D eigenvalue weighted by atomic mass is 35.5. The van der Waals surface area contributed by atoms with Crippen LogP contribution in [-0.4, -0.2) is 19.0 Å². The standard InChI is InChI=1S/C8H16N2O.ClH/c1-10-8(11)7(9)5-6-3-2-4-6;/h6-7H,2-5,9H2,1H3,(H,10,11);1H. The average molecular weight is 193 g/mol. The number of hydrogen-bond donors (Lipinski definition) is 2. The second-order valence-electron chi connectivity index (χ2n) is 3.25. The van der Waals surface area contributed by atoms with Crippen molar-refractivity contribution in [1.82, 2.24) is 5.32 Å². The smallest absolute Gasteiger partial charge is 0.236 e.